The largest absolute Gasteiger partial charge is 0.497 e. The molecular weight excluding hydrogens is 400 g/mol. The summed E-state index contributed by atoms with van der Waals surface area (Å²) < 4.78 is 16.3. The number of methoxy groups -OCH3 is 2. The molecule has 0 bridgehead atoms. The van der Waals surface area contributed by atoms with Gasteiger partial charge in [-0.25, -0.2) is 9.59 Å². The van der Waals surface area contributed by atoms with Gasteiger partial charge in [0, 0.05) is 44.0 Å². The average molecular weight is 433 g/mol. The highest BCUT2D eigenvalue weighted by Crippen LogP contribution is 2.37. The SMILES string of the molecule is CCOC(=O)C1=C(CN2CCCNCC2)N(C)C(=O)NC1c1ccc(OC)cc1OC. The van der Waals surface area contributed by atoms with Gasteiger partial charge in [0.15, 0.2) is 0 Å². The summed E-state index contributed by atoms with van der Waals surface area (Å²) in [5.74, 6) is 0.702. The quantitative estimate of drug-likeness (QED) is 0.631. The lowest BCUT2D eigenvalue weighted by molar-refractivity contribution is -0.139. The van der Waals surface area contributed by atoms with Crippen LogP contribution >= 0.6 is 0 Å². The second kappa shape index (κ2) is 10.5. The number of esters is 1. The monoisotopic (exact) mass is 432 g/mol. The van der Waals surface area contributed by atoms with Crippen molar-refractivity contribution in [2.45, 2.75) is 19.4 Å². The van der Waals surface area contributed by atoms with Crippen LogP contribution in [0.15, 0.2) is 29.5 Å². The van der Waals surface area contributed by atoms with Gasteiger partial charge in [-0.15, -0.1) is 0 Å². The summed E-state index contributed by atoms with van der Waals surface area (Å²) in [7, 11) is 4.80. The van der Waals surface area contributed by atoms with Crippen LogP contribution < -0.4 is 20.1 Å². The molecule has 2 N–H and O–H groups in total. The number of nitrogens with one attached hydrogen (secondary N) is 2. The van der Waals surface area contributed by atoms with Crippen LogP contribution in [-0.2, 0) is 9.53 Å². The first-order chi connectivity index (χ1) is 15.0. The zero-order valence-corrected chi connectivity index (χ0v) is 18.7. The van der Waals surface area contributed by atoms with Crippen molar-refractivity contribution < 1.29 is 23.8 Å². The molecule has 1 aromatic carbocycles. The van der Waals surface area contributed by atoms with E-state index >= 15 is 0 Å². The fourth-order valence-corrected chi connectivity index (χ4v) is 3.96. The summed E-state index contributed by atoms with van der Waals surface area (Å²) in [4.78, 5) is 29.8. The van der Waals surface area contributed by atoms with Crippen molar-refractivity contribution in [2.24, 2.45) is 0 Å². The number of benzene rings is 1. The van der Waals surface area contributed by atoms with E-state index < -0.39 is 12.0 Å². The highest BCUT2D eigenvalue weighted by atomic mass is 16.5. The van der Waals surface area contributed by atoms with Gasteiger partial charge in [0.25, 0.3) is 0 Å². The minimum atomic E-state index is -0.691. The van der Waals surface area contributed by atoms with E-state index in [-0.39, 0.29) is 12.6 Å². The molecular formula is C22H32N4O5. The molecule has 1 atom stereocenters. The lowest BCUT2D eigenvalue weighted by Crippen LogP contribution is -2.49. The highest BCUT2D eigenvalue weighted by Gasteiger charge is 2.38. The Labute approximate surface area is 183 Å². The number of rotatable bonds is 7. The van der Waals surface area contributed by atoms with Gasteiger partial charge < -0.3 is 24.8 Å². The smallest absolute Gasteiger partial charge is 0.338 e. The molecule has 31 heavy (non-hydrogen) atoms. The van der Waals surface area contributed by atoms with Crippen LogP contribution in [0.2, 0.25) is 0 Å². The molecule has 0 aliphatic carbocycles. The molecule has 3 rings (SSSR count). The molecule has 1 saturated heterocycles. The maximum atomic E-state index is 13.1. The predicted octanol–water partition coefficient (Wildman–Crippen LogP) is 1.51. The van der Waals surface area contributed by atoms with Gasteiger partial charge in [0.2, 0.25) is 0 Å². The molecule has 0 radical (unpaired) electrons. The lowest BCUT2D eigenvalue weighted by atomic mass is 9.93. The molecule has 2 aliphatic heterocycles. The number of hydrogen-bond donors (Lipinski definition) is 2. The van der Waals surface area contributed by atoms with Crippen LogP contribution in [0.1, 0.15) is 24.9 Å². The van der Waals surface area contributed by atoms with Crippen LogP contribution in [0.5, 0.6) is 11.5 Å². The Morgan fingerprint density at radius 2 is 2.00 bits per heavy atom. The van der Waals surface area contributed by atoms with Gasteiger partial charge in [0.05, 0.1) is 32.4 Å². The summed E-state index contributed by atoms with van der Waals surface area (Å²) in [5.41, 5.74) is 1.74. The Balaban J connectivity index is 2.09. The number of urea groups is 1. The van der Waals surface area contributed by atoms with Crippen LogP contribution in [0.4, 0.5) is 4.79 Å². The Morgan fingerprint density at radius 1 is 1.19 bits per heavy atom. The fourth-order valence-electron chi connectivity index (χ4n) is 3.96. The molecule has 1 fully saturated rings. The number of carbonyl (C=O) groups excluding carboxylic acids is 2. The zero-order chi connectivity index (χ0) is 22.4. The van der Waals surface area contributed by atoms with Crippen molar-refractivity contribution in [1.82, 2.24) is 20.4 Å². The molecule has 9 heteroatoms. The number of carbonyl (C=O) groups is 2. The second-order valence-corrected chi connectivity index (χ2v) is 7.51. The minimum absolute atomic E-state index is 0.243. The molecule has 0 saturated carbocycles. The summed E-state index contributed by atoms with van der Waals surface area (Å²) in [6.45, 7) is 6.05. The molecule has 170 valence electrons. The van der Waals surface area contributed by atoms with Gasteiger partial charge >= 0.3 is 12.0 Å². The summed E-state index contributed by atoms with van der Waals surface area (Å²) in [6.07, 6.45) is 1.01. The molecule has 9 nitrogen and oxygen atoms in total. The third-order valence-corrected chi connectivity index (χ3v) is 5.63. The van der Waals surface area contributed by atoms with E-state index in [1.54, 1.807) is 46.4 Å². The maximum absolute atomic E-state index is 13.1. The molecule has 0 spiro atoms. The second-order valence-electron chi connectivity index (χ2n) is 7.51. The number of nitrogens with zero attached hydrogens (tertiary/aromatic N) is 2. The summed E-state index contributed by atoms with van der Waals surface area (Å²) in [5, 5.41) is 6.32. The third-order valence-electron chi connectivity index (χ3n) is 5.63. The van der Waals surface area contributed by atoms with Crippen molar-refractivity contribution in [3.05, 3.63) is 35.0 Å². The zero-order valence-electron chi connectivity index (χ0n) is 18.7. The number of hydrogen-bond acceptors (Lipinski definition) is 7. The fraction of sp³-hybridized carbons (Fsp3) is 0.545. The number of likely N-dealkylation sites (N-methyl/N-ethyl adjacent to an activating group) is 1. The topological polar surface area (TPSA) is 92.4 Å². The van der Waals surface area contributed by atoms with Crippen molar-refractivity contribution >= 4 is 12.0 Å². The van der Waals surface area contributed by atoms with Gasteiger partial charge in [-0.05, 0) is 38.6 Å². The number of amides is 2. The number of ether oxygens (including phenoxy) is 3. The third kappa shape index (κ3) is 5.11. The van der Waals surface area contributed by atoms with E-state index in [1.807, 2.05) is 0 Å². The molecule has 1 aromatic rings. The molecule has 2 heterocycles. The Bertz CT molecular complexity index is 833. The Hall–Kier alpha value is -2.78. The van der Waals surface area contributed by atoms with Crippen molar-refractivity contribution in [2.75, 3.05) is 60.6 Å². The van der Waals surface area contributed by atoms with E-state index in [4.69, 9.17) is 14.2 Å². The maximum Gasteiger partial charge on any atom is 0.338 e. The molecule has 2 aliphatic rings. The molecule has 1 unspecified atom stereocenters. The first-order valence-electron chi connectivity index (χ1n) is 10.6. The van der Waals surface area contributed by atoms with Crippen molar-refractivity contribution in [3.63, 3.8) is 0 Å². The average Bonchev–Trinajstić information content (AvgIpc) is 3.05. The first-order valence-corrected chi connectivity index (χ1v) is 10.6. The predicted molar refractivity (Wildman–Crippen MR) is 116 cm³/mol. The van der Waals surface area contributed by atoms with Gasteiger partial charge in [-0.1, -0.05) is 0 Å². The Kier molecular flexibility index (Phi) is 7.75. The highest BCUT2D eigenvalue weighted by molar-refractivity contribution is 5.95. The normalized spacial score (nSPS) is 20.2. The molecule has 2 amide bonds. The first kappa shape index (κ1) is 22.9. The van der Waals surface area contributed by atoms with Crippen LogP contribution in [0.25, 0.3) is 0 Å². The van der Waals surface area contributed by atoms with Gasteiger partial charge in [-0.3, -0.25) is 9.80 Å². The standard InChI is InChI=1S/C22H32N4O5/c1-5-31-21(27)19-17(14-26-11-6-9-23-10-12-26)25(2)22(28)24-20(19)16-8-7-15(29-3)13-18(16)30-4/h7-8,13,20,23H,5-6,9-12,14H2,1-4H3,(H,24,28). The van der Waals surface area contributed by atoms with Crippen LogP contribution in [-0.4, -0.2) is 82.4 Å². The van der Waals surface area contributed by atoms with E-state index in [1.165, 1.54) is 4.90 Å². The van der Waals surface area contributed by atoms with Crippen molar-refractivity contribution in [3.8, 4) is 11.5 Å². The molecule has 0 aromatic heterocycles. The Morgan fingerprint density at radius 3 is 2.71 bits per heavy atom. The van der Waals surface area contributed by atoms with E-state index in [9.17, 15) is 9.59 Å². The van der Waals surface area contributed by atoms with Gasteiger partial charge in [-0.2, -0.15) is 0 Å². The summed E-state index contributed by atoms with van der Waals surface area (Å²) in [6, 6.07) is 4.36. The van der Waals surface area contributed by atoms with E-state index in [2.05, 4.69) is 15.5 Å². The van der Waals surface area contributed by atoms with Gasteiger partial charge in [0.1, 0.15) is 11.5 Å². The summed E-state index contributed by atoms with van der Waals surface area (Å²) >= 11 is 0. The van der Waals surface area contributed by atoms with Crippen molar-refractivity contribution in [1.29, 1.82) is 0 Å². The lowest BCUT2D eigenvalue weighted by Gasteiger charge is -2.37. The van der Waals surface area contributed by atoms with E-state index in [0.717, 1.165) is 32.6 Å². The van der Waals surface area contributed by atoms with Crippen LogP contribution in [0.3, 0.4) is 0 Å². The van der Waals surface area contributed by atoms with Crippen LogP contribution in [0, 0.1) is 0 Å². The minimum Gasteiger partial charge on any atom is -0.497 e. The van der Waals surface area contributed by atoms with E-state index in [0.29, 0.717) is 34.9 Å².